The monoisotopic (exact) mass is 370 g/mol. The van der Waals surface area contributed by atoms with E-state index in [-0.39, 0.29) is 23.7 Å². The van der Waals surface area contributed by atoms with E-state index in [4.69, 9.17) is 0 Å². The molecule has 0 fully saturated rings. The molecule has 0 radical (unpaired) electrons. The van der Waals surface area contributed by atoms with Crippen molar-refractivity contribution in [1.29, 1.82) is 0 Å². The SMILES string of the molecule is CCCC(=O)Nc1ccc(CNC(=O)c2cc([N+](=O)[O-])ccc2NC)cc1. The minimum Gasteiger partial charge on any atom is -0.387 e. The molecule has 0 spiro atoms. The molecule has 8 heteroatoms. The highest BCUT2D eigenvalue weighted by Gasteiger charge is 2.16. The van der Waals surface area contributed by atoms with Crippen LogP contribution in [0.2, 0.25) is 0 Å². The third-order valence-corrected chi connectivity index (χ3v) is 3.90. The Kier molecular flexibility index (Phi) is 6.87. The summed E-state index contributed by atoms with van der Waals surface area (Å²) in [7, 11) is 1.64. The van der Waals surface area contributed by atoms with Crippen molar-refractivity contribution in [3.8, 4) is 0 Å². The van der Waals surface area contributed by atoms with Crippen LogP contribution in [0.4, 0.5) is 17.1 Å². The molecule has 0 bridgehead atoms. The number of hydrogen-bond donors (Lipinski definition) is 3. The van der Waals surface area contributed by atoms with Gasteiger partial charge in [0.2, 0.25) is 5.91 Å². The van der Waals surface area contributed by atoms with Gasteiger partial charge in [0.15, 0.2) is 0 Å². The van der Waals surface area contributed by atoms with E-state index in [9.17, 15) is 19.7 Å². The van der Waals surface area contributed by atoms with E-state index < -0.39 is 10.8 Å². The molecular weight excluding hydrogens is 348 g/mol. The molecule has 0 aliphatic carbocycles. The van der Waals surface area contributed by atoms with Gasteiger partial charge in [-0.3, -0.25) is 19.7 Å². The number of nitro benzene ring substituents is 1. The fourth-order valence-corrected chi connectivity index (χ4v) is 2.49. The standard InChI is InChI=1S/C19H22N4O4/c1-3-4-18(24)22-14-7-5-13(6-8-14)12-21-19(25)16-11-15(23(26)27)9-10-17(16)20-2/h5-11,20H,3-4,12H2,1-2H3,(H,21,25)(H,22,24). The summed E-state index contributed by atoms with van der Waals surface area (Å²) in [5, 5.41) is 19.3. The topological polar surface area (TPSA) is 113 Å². The second kappa shape index (κ2) is 9.33. The van der Waals surface area contributed by atoms with Crippen molar-refractivity contribution in [1.82, 2.24) is 5.32 Å². The molecule has 8 nitrogen and oxygen atoms in total. The Hall–Kier alpha value is -3.42. The molecule has 0 aromatic heterocycles. The van der Waals surface area contributed by atoms with Crippen LogP contribution in [0.25, 0.3) is 0 Å². The van der Waals surface area contributed by atoms with E-state index in [0.29, 0.717) is 17.8 Å². The van der Waals surface area contributed by atoms with Crippen LogP contribution in [0.15, 0.2) is 42.5 Å². The zero-order valence-electron chi connectivity index (χ0n) is 15.2. The highest BCUT2D eigenvalue weighted by molar-refractivity contribution is 6.00. The molecule has 2 amide bonds. The van der Waals surface area contributed by atoms with Crippen molar-refractivity contribution in [3.63, 3.8) is 0 Å². The highest BCUT2D eigenvalue weighted by atomic mass is 16.6. The van der Waals surface area contributed by atoms with E-state index in [1.807, 2.05) is 6.92 Å². The van der Waals surface area contributed by atoms with E-state index >= 15 is 0 Å². The Morgan fingerprint density at radius 3 is 2.41 bits per heavy atom. The number of benzene rings is 2. The van der Waals surface area contributed by atoms with E-state index in [1.165, 1.54) is 18.2 Å². The zero-order valence-corrected chi connectivity index (χ0v) is 15.2. The van der Waals surface area contributed by atoms with Crippen LogP contribution in [0.1, 0.15) is 35.7 Å². The number of nitro groups is 1. The van der Waals surface area contributed by atoms with Gasteiger partial charge in [-0.05, 0) is 30.2 Å². The van der Waals surface area contributed by atoms with Crippen LogP contribution in [0, 0.1) is 10.1 Å². The van der Waals surface area contributed by atoms with Crippen molar-refractivity contribution < 1.29 is 14.5 Å². The maximum Gasteiger partial charge on any atom is 0.270 e. The smallest absolute Gasteiger partial charge is 0.270 e. The summed E-state index contributed by atoms with van der Waals surface area (Å²) in [6.07, 6.45) is 1.25. The highest BCUT2D eigenvalue weighted by Crippen LogP contribution is 2.22. The van der Waals surface area contributed by atoms with Gasteiger partial charge in [-0.1, -0.05) is 19.1 Å². The molecule has 0 saturated carbocycles. The molecule has 0 saturated heterocycles. The Balaban J connectivity index is 2.02. The van der Waals surface area contributed by atoms with Crippen molar-refractivity contribution in [3.05, 3.63) is 63.7 Å². The molecule has 3 N–H and O–H groups in total. The molecule has 0 aliphatic heterocycles. The normalized spacial score (nSPS) is 10.1. The van der Waals surface area contributed by atoms with Crippen LogP contribution in [0.3, 0.4) is 0 Å². The largest absolute Gasteiger partial charge is 0.387 e. The summed E-state index contributed by atoms with van der Waals surface area (Å²) >= 11 is 0. The Bertz CT molecular complexity index is 834. The van der Waals surface area contributed by atoms with Crippen LogP contribution >= 0.6 is 0 Å². The van der Waals surface area contributed by atoms with Gasteiger partial charge in [0.25, 0.3) is 11.6 Å². The summed E-state index contributed by atoms with van der Waals surface area (Å²) in [5.74, 6) is -0.452. The third-order valence-electron chi connectivity index (χ3n) is 3.90. The van der Waals surface area contributed by atoms with Gasteiger partial charge in [0.05, 0.1) is 10.5 Å². The Morgan fingerprint density at radius 1 is 1.11 bits per heavy atom. The fourth-order valence-electron chi connectivity index (χ4n) is 2.49. The maximum absolute atomic E-state index is 12.4. The van der Waals surface area contributed by atoms with Gasteiger partial charge in [-0.2, -0.15) is 0 Å². The van der Waals surface area contributed by atoms with Crippen LogP contribution in [-0.4, -0.2) is 23.8 Å². The molecule has 0 aliphatic rings. The van der Waals surface area contributed by atoms with E-state index in [2.05, 4.69) is 16.0 Å². The predicted octanol–water partition coefficient (Wildman–Crippen LogP) is 3.31. The summed E-state index contributed by atoms with van der Waals surface area (Å²) in [5.41, 5.74) is 2.10. The maximum atomic E-state index is 12.4. The first kappa shape index (κ1) is 19.9. The van der Waals surface area contributed by atoms with Gasteiger partial charge in [0.1, 0.15) is 0 Å². The summed E-state index contributed by atoms with van der Waals surface area (Å²) in [6, 6.07) is 11.2. The minimum absolute atomic E-state index is 0.0381. The summed E-state index contributed by atoms with van der Waals surface area (Å²) < 4.78 is 0. The molecule has 2 aromatic carbocycles. The lowest BCUT2D eigenvalue weighted by molar-refractivity contribution is -0.384. The second-order valence-corrected chi connectivity index (χ2v) is 5.91. The number of nitrogens with one attached hydrogen (secondary N) is 3. The number of amides is 2. The average molecular weight is 370 g/mol. The first-order valence-corrected chi connectivity index (χ1v) is 8.57. The number of nitrogens with zero attached hydrogens (tertiary/aromatic N) is 1. The average Bonchev–Trinajstić information content (AvgIpc) is 2.66. The molecule has 0 atom stereocenters. The minimum atomic E-state index is -0.540. The lowest BCUT2D eigenvalue weighted by atomic mass is 10.1. The Labute approximate surface area is 157 Å². The zero-order chi connectivity index (χ0) is 19.8. The van der Waals surface area contributed by atoms with Crippen LogP contribution in [0.5, 0.6) is 0 Å². The molecule has 0 heterocycles. The summed E-state index contributed by atoms with van der Waals surface area (Å²) in [4.78, 5) is 34.4. The van der Waals surface area contributed by atoms with Crippen molar-refractivity contribution in [2.45, 2.75) is 26.3 Å². The van der Waals surface area contributed by atoms with Crippen molar-refractivity contribution >= 4 is 28.9 Å². The van der Waals surface area contributed by atoms with Gasteiger partial charge >= 0.3 is 0 Å². The number of non-ortho nitro benzene ring substituents is 1. The lowest BCUT2D eigenvalue weighted by Crippen LogP contribution is -2.23. The van der Waals surface area contributed by atoms with E-state index in [1.54, 1.807) is 31.3 Å². The quantitative estimate of drug-likeness (QED) is 0.487. The molecular formula is C19H22N4O4. The molecule has 2 aromatic rings. The number of carbonyl (C=O) groups is 2. The van der Waals surface area contributed by atoms with Crippen LogP contribution < -0.4 is 16.0 Å². The van der Waals surface area contributed by atoms with Gasteiger partial charge in [0, 0.05) is 43.5 Å². The number of rotatable bonds is 8. The van der Waals surface area contributed by atoms with E-state index in [0.717, 1.165) is 12.0 Å². The van der Waals surface area contributed by atoms with Gasteiger partial charge < -0.3 is 16.0 Å². The van der Waals surface area contributed by atoms with Gasteiger partial charge in [-0.15, -0.1) is 0 Å². The molecule has 0 unspecified atom stereocenters. The Morgan fingerprint density at radius 2 is 1.81 bits per heavy atom. The van der Waals surface area contributed by atoms with Crippen molar-refractivity contribution in [2.24, 2.45) is 0 Å². The number of carbonyl (C=O) groups excluding carboxylic acids is 2. The van der Waals surface area contributed by atoms with Crippen LogP contribution in [-0.2, 0) is 11.3 Å². The second-order valence-electron chi connectivity index (χ2n) is 5.91. The summed E-state index contributed by atoms with van der Waals surface area (Å²) in [6.45, 7) is 2.19. The van der Waals surface area contributed by atoms with Crippen molar-refractivity contribution in [2.75, 3.05) is 17.7 Å². The molecule has 27 heavy (non-hydrogen) atoms. The molecule has 2 rings (SSSR count). The number of anilines is 2. The third kappa shape index (κ3) is 5.53. The van der Waals surface area contributed by atoms with Gasteiger partial charge in [-0.25, -0.2) is 0 Å². The first-order valence-electron chi connectivity index (χ1n) is 8.57. The molecule has 142 valence electrons. The number of hydrogen-bond acceptors (Lipinski definition) is 5. The fraction of sp³-hybridized carbons (Fsp3) is 0.263. The lowest BCUT2D eigenvalue weighted by Gasteiger charge is -2.10. The first-order chi connectivity index (χ1) is 12.9. The predicted molar refractivity (Wildman–Crippen MR) is 104 cm³/mol.